The molecule has 0 atom stereocenters. The summed E-state index contributed by atoms with van der Waals surface area (Å²) in [7, 11) is 1.39. The lowest BCUT2D eigenvalue weighted by molar-refractivity contribution is 0.0601. The number of benzene rings is 3. The predicted molar refractivity (Wildman–Crippen MR) is 114 cm³/mol. The number of hydrogen-bond donors (Lipinski definition) is 0. The first-order valence-electron chi connectivity index (χ1n) is 9.84. The molecule has 146 valence electrons. The van der Waals surface area contributed by atoms with Gasteiger partial charge in [0, 0.05) is 24.2 Å². The van der Waals surface area contributed by atoms with Crippen molar-refractivity contribution in [3.63, 3.8) is 0 Å². The minimum absolute atomic E-state index is 0.0225. The Kier molecular flexibility index (Phi) is 5.17. The summed E-state index contributed by atoms with van der Waals surface area (Å²) in [5.41, 5.74) is 5.41. The third kappa shape index (κ3) is 3.31. The van der Waals surface area contributed by atoms with E-state index >= 15 is 0 Å². The molecule has 0 spiro atoms. The van der Waals surface area contributed by atoms with Crippen molar-refractivity contribution in [2.45, 2.75) is 19.9 Å². The molecule has 0 radical (unpaired) electrons. The SMILES string of the molecule is CCCN1Cc2cc(C(=O)OC)c(-c3ccccc3)c(-c3ccccc3)c2C1=O. The molecule has 0 fully saturated rings. The normalized spacial score (nSPS) is 12.8. The number of ether oxygens (including phenoxy) is 1. The summed E-state index contributed by atoms with van der Waals surface area (Å²) >= 11 is 0. The summed E-state index contributed by atoms with van der Waals surface area (Å²) in [5.74, 6) is -0.375. The summed E-state index contributed by atoms with van der Waals surface area (Å²) < 4.78 is 5.11. The molecule has 0 saturated heterocycles. The van der Waals surface area contributed by atoms with Gasteiger partial charge in [-0.1, -0.05) is 67.6 Å². The van der Waals surface area contributed by atoms with Crippen molar-refractivity contribution in [1.82, 2.24) is 4.90 Å². The number of rotatable bonds is 5. The van der Waals surface area contributed by atoms with E-state index in [0.717, 1.165) is 34.2 Å². The zero-order valence-electron chi connectivity index (χ0n) is 16.6. The van der Waals surface area contributed by atoms with E-state index in [-0.39, 0.29) is 5.91 Å². The number of carbonyl (C=O) groups excluding carboxylic acids is 2. The average molecular weight is 385 g/mol. The molecule has 4 rings (SSSR count). The first-order valence-corrected chi connectivity index (χ1v) is 9.84. The van der Waals surface area contributed by atoms with Crippen LogP contribution in [0, 0.1) is 0 Å². The first kappa shape index (κ1) is 18.9. The third-order valence-electron chi connectivity index (χ3n) is 5.30. The molecule has 1 amide bonds. The fourth-order valence-electron chi connectivity index (χ4n) is 4.06. The van der Waals surface area contributed by atoms with Crippen LogP contribution in [0.2, 0.25) is 0 Å². The van der Waals surface area contributed by atoms with Gasteiger partial charge < -0.3 is 9.64 Å². The Balaban J connectivity index is 2.09. The standard InChI is InChI=1S/C25H23NO3/c1-3-14-26-16-19-15-20(25(28)29-2)21(17-10-6-4-7-11-17)22(23(19)24(26)27)18-12-8-5-9-13-18/h4-13,15H,3,14,16H2,1-2H3. The Morgan fingerprint density at radius 1 is 0.931 bits per heavy atom. The van der Waals surface area contributed by atoms with E-state index < -0.39 is 5.97 Å². The maximum absolute atomic E-state index is 13.3. The van der Waals surface area contributed by atoms with Crippen LogP contribution in [0.15, 0.2) is 66.7 Å². The Morgan fingerprint density at radius 3 is 2.07 bits per heavy atom. The van der Waals surface area contributed by atoms with Crippen LogP contribution >= 0.6 is 0 Å². The Morgan fingerprint density at radius 2 is 1.52 bits per heavy atom. The number of hydrogen-bond acceptors (Lipinski definition) is 3. The molecule has 1 heterocycles. The van der Waals surface area contributed by atoms with Crippen LogP contribution in [-0.2, 0) is 11.3 Å². The number of fused-ring (bicyclic) bond motifs is 1. The summed E-state index contributed by atoms with van der Waals surface area (Å²) in [6, 6.07) is 21.4. The Bertz CT molecular complexity index is 1060. The maximum Gasteiger partial charge on any atom is 0.338 e. The fourth-order valence-corrected chi connectivity index (χ4v) is 4.06. The van der Waals surface area contributed by atoms with Gasteiger partial charge in [-0.3, -0.25) is 4.79 Å². The van der Waals surface area contributed by atoms with Crippen molar-refractivity contribution >= 4 is 11.9 Å². The molecule has 0 bridgehead atoms. The third-order valence-corrected chi connectivity index (χ3v) is 5.30. The highest BCUT2D eigenvalue weighted by Crippen LogP contribution is 2.42. The maximum atomic E-state index is 13.3. The van der Waals surface area contributed by atoms with Gasteiger partial charge in [-0.2, -0.15) is 0 Å². The van der Waals surface area contributed by atoms with Crippen molar-refractivity contribution in [3.05, 3.63) is 83.4 Å². The molecule has 3 aromatic carbocycles. The van der Waals surface area contributed by atoms with Crippen LogP contribution in [0.1, 0.15) is 39.6 Å². The Labute approximate surface area is 170 Å². The predicted octanol–water partition coefficient (Wildman–Crippen LogP) is 5.17. The molecule has 4 heteroatoms. The first-order chi connectivity index (χ1) is 14.2. The molecule has 4 nitrogen and oxygen atoms in total. The summed E-state index contributed by atoms with van der Waals surface area (Å²) in [4.78, 5) is 27.9. The molecular formula is C25H23NO3. The lowest BCUT2D eigenvalue weighted by Crippen LogP contribution is -2.24. The molecule has 0 saturated carbocycles. The fraction of sp³-hybridized carbons (Fsp3) is 0.200. The van der Waals surface area contributed by atoms with Crippen molar-refractivity contribution in [2.24, 2.45) is 0 Å². The van der Waals surface area contributed by atoms with E-state index in [9.17, 15) is 9.59 Å². The van der Waals surface area contributed by atoms with Crippen LogP contribution in [0.25, 0.3) is 22.3 Å². The van der Waals surface area contributed by atoms with Crippen molar-refractivity contribution in [1.29, 1.82) is 0 Å². The van der Waals surface area contributed by atoms with Crippen LogP contribution in [0.4, 0.5) is 0 Å². The lowest BCUT2D eigenvalue weighted by Gasteiger charge is -2.18. The smallest absolute Gasteiger partial charge is 0.338 e. The van der Waals surface area contributed by atoms with Crippen LogP contribution in [0.5, 0.6) is 0 Å². The molecule has 3 aromatic rings. The molecule has 1 aliphatic rings. The van der Waals surface area contributed by atoms with E-state index in [1.54, 1.807) is 0 Å². The largest absolute Gasteiger partial charge is 0.465 e. The summed E-state index contributed by atoms with van der Waals surface area (Å²) in [5, 5.41) is 0. The lowest BCUT2D eigenvalue weighted by atomic mass is 9.85. The second kappa shape index (κ2) is 7.92. The van der Waals surface area contributed by atoms with Gasteiger partial charge in [-0.05, 0) is 29.2 Å². The molecule has 0 unspecified atom stereocenters. The van der Waals surface area contributed by atoms with Gasteiger partial charge in [0.2, 0.25) is 0 Å². The van der Waals surface area contributed by atoms with Crippen LogP contribution in [-0.4, -0.2) is 30.4 Å². The van der Waals surface area contributed by atoms with Crippen LogP contribution < -0.4 is 0 Å². The zero-order chi connectivity index (χ0) is 20.4. The average Bonchev–Trinajstić information content (AvgIpc) is 3.08. The minimum Gasteiger partial charge on any atom is -0.465 e. The number of nitrogens with zero attached hydrogens (tertiary/aromatic N) is 1. The van der Waals surface area contributed by atoms with Gasteiger partial charge in [-0.15, -0.1) is 0 Å². The van der Waals surface area contributed by atoms with Gasteiger partial charge in [0.15, 0.2) is 0 Å². The van der Waals surface area contributed by atoms with Crippen molar-refractivity contribution in [3.8, 4) is 22.3 Å². The van der Waals surface area contributed by atoms with E-state index in [0.29, 0.717) is 24.2 Å². The van der Waals surface area contributed by atoms with Crippen molar-refractivity contribution in [2.75, 3.05) is 13.7 Å². The van der Waals surface area contributed by atoms with Crippen LogP contribution in [0.3, 0.4) is 0 Å². The van der Waals surface area contributed by atoms with E-state index in [4.69, 9.17) is 4.74 Å². The molecule has 1 aliphatic heterocycles. The topological polar surface area (TPSA) is 46.6 Å². The monoisotopic (exact) mass is 385 g/mol. The molecule has 0 aromatic heterocycles. The molecule has 0 N–H and O–H groups in total. The second-order valence-corrected chi connectivity index (χ2v) is 7.16. The number of methoxy groups -OCH3 is 1. The zero-order valence-corrected chi connectivity index (χ0v) is 16.6. The van der Waals surface area contributed by atoms with E-state index in [2.05, 4.69) is 6.92 Å². The summed E-state index contributed by atoms with van der Waals surface area (Å²) in [6.07, 6.45) is 0.885. The van der Waals surface area contributed by atoms with E-state index in [1.807, 2.05) is 71.6 Å². The number of esters is 1. The second-order valence-electron chi connectivity index (χ2n) is 7.16. The quantitative estimate of drug-likeness (QED) is 0.569. The highest BCUT2D eigenvalue weighted by atomic mass is 16.5. The van der Waals surface area contributed by atoms with Gasteiger partial charge in [-0.25, -0.2) is 4.79 Å². The molecule has 29 heavy (non-hydrogen) atoms. The number of carbonyl (C=O) groups is 2. The molecular weight excluding hydrogens is 362 g/mol. The van der Waals surface area contributed by atoms with Gasteiger partial charge in [0.1, 0.15) is 0 Å². The minimum atomic E-state index is -0.398. The highest BCUT2D eigenvalue weighted by molar-refractivity contribution is 6.12. The summed E-state index contributed by atoms with van der Waals surface area (Å²) in [6.45, 7) is 3.26. The van der Waals surface area contributed by atoms with E-state index in [1.165, 1.54) is 7.11 Å². The number of amides is 1. The van der Waals surface area contributed by atoms with Gasteiger partial charge >= 0.3 is 5.97 Å². The highest BCUT2D eigenvalue weighted by Gasteiger charge is 2.34. The van der Waals surface area contributed by atoms with Gasteiger partial charge in [0.05, 0.1) is 18.2 Å². The van der Waals surface area contributed by atoms with Crippen molar-refractivity contribution < 1.29 is 14.3 Å². The molecule has 0 aliphatic carbocycles. The van der Waals surface area contributed by atoms with Gasteiger partial charge in [0.25, 0.3) is 5.91 Å². The Hall–Kier alpha value is -3.40.